The van der Waals surface area contributed by atoms with Crippen molar-refractivity contribution in [2.24, 2.45) is 5.84 Å². The highest BCUT2D eigenvalue weighted by atomic mass is 35.5. The van der Waals surface area contributed by atoms with Crippen LogP contribution in [0.3, 0.4) is 0 Å². The summed E-state index contributed by atoms with van der Waals surface area (Å²) in [6, 6.07) is 13.8. The van der Waals surface area contributed by atoms with E-state index < -0.39 is 0 Å². The molecule has 0 amide bonds. The minimum absolute atomic E-state index is 0.135. The van der Waals surface area contributed by atoms with Crippen molar-refractivity contribution in [3.63, 3.8) is 0 Å². The van der Waals surface area contributed by atoms with Crippen molar-refractivity contribution in [1.29, 1.82) is 0 Å². The van der Waals surface area contributed by atoms with Gasteiger partial charge in [0.2, 0.25) is 0 Å². The van der Waals surface area contributed by atoms with Gasteiger partial charge in [0.15, 0.2) is 0 Å². The van der Waals surface area contributed by atoms with Crippen LogP contribution in [-0.2, 0) is 6.42 Å². The van der Waals surface area contributed by atoms with Crippen LogP contribution in [0.5, 0.6) is 0 Å². The highest BCUT2D eigenvalue weighted by Crippen LogP contribution is 2.29. The standard InChI is InChI=1S/C16H20ClN3/c1-2-4-11-5-3-6-12(9-11)16(20-19)14-8-7-13(17)10-15(14)18/h3,5-10,16,20H,2,4,18-19H2,1H3. The van der Waals surface area contributed by atoms with Crippen LogP contribution in [-0.4, -0.2) is 0 Å². The number of anilines is 1. The zero-order valence-corrected chi connectivity index (χ0v) is 12.3. The number of hydrogen-bond donors (Lipinski definition) is 3. The summed E-state index contributed by atoms with van der Waals surface area (Å²) in [6.07, 6.45) is 2.18. The summed E-state index contributed by atoms with van der Waals surface area (Å²) < 4.78 is 0. The molecule has 2 aromatic carbocycles. The molecular weight excluding hydrogens is 270 g/mol. The normalized spacial score (nSPS) is 12.3. The van der Waals surface area contributed by atoms with Gasteiger partial charge in [-0.15, -0.1) is 0 Å². The Morgan fingerprint density at radius 1 is 1.20 bits per heavy atom. The molecule has 0 saturated carbocycles. The minimum Gasteiger partial charge on any atom is -0.398 e. The molecule has 1 atom stereocenters. The number of hydrazine groups is 1. The van der Waals surface area contributed by atoms with E-state index in [-0.39, 0.29) is 6.04 Å². The zero-order valence-electron chi connectivity index (χ0n) is 11.6. The van der Waals surface area contributed by atoms with Crippen molar-refractivity contribution in [2.45, 2.75) is 25.8 Å². The van der Waals surface area contributed by atoms with E-state index in [1.54, 1.807) is 6.07 Å². The van der Waals surface area contributed by atoms with Crippen LogP contribution >= 0.6 is 11.6 Å². The fraction of sp³-hybridized carbons (Fsp3) is 0.250. The molecule has 0 bridgehead atoms. The van der Waals surface area contributed by atoms with Gasteiger partial charge in [-0.25, -0.2) is 5.43 Å². The minimum atomic E-state index is -0.135. The molecule has 0 aliphatic rings. The molecule has 3 nitrogen and oxygen atoms in total. The van der Waals surface area contributed by atoms with Gasteiger partial charge in [0, 0.05) is 10.7 Å². The number of halogens is 1. The number of nitrogen functional groups attached to an aromatic ring is 1. The Kier molecular flexibility index (Phi) is 5.01. The van der Waals surface area contributed by atoms with E-state index in [0.717, 1.165) is 24.0 Å². The van der Waals surface area contributed by atoms with Crippen LogP contribution in [0.2, 0.25) is 5.02 Å². The summed E-state index contributed by atoms with van der Waals surface area (Å²) in [6.45, 7) is 2.17. The van der Waals surface area contributed by atoms with Crippen molar-refractivity contribution in [3.05, 3.63) is 64.2 Å². The van der Waals surface area contributed by atoms with Crippen molar-refractivity contribution in [2.75, 3.05) is 5.73 Å². The van der Waals surface area contributed by atoms with E-state index in [9.17, 15) is 0 Å². The van der Waals surface area contributed by atoms with Gasteiger partial charge in [0.25, 0.3) is 0 Å². The fourth-order valence-electron chi connectivity index (χ4n) is 2.39. The Morgan fingerprint density at radius 3 is 2.65 bits per heavy atom. The maximum atomic E-state index is 6.05. The number of aryl methyl sites for hydroxylation is 1. The summed E-state index contributed by atoms with van der Waals surface area (Å²) in [7, 11) is 0. The van der Waals surface area contributed by atoms with Gasteiger partial charge in [-0.1, -0.05) is 55.3 Å². The maximum Gasteiger partial charge on any atom is 0.0730 e. The Labute approximate surface area is 124 Å². The Morgan fingerprint density at radius 2 is 2.00 bits per heavy atom. The lowest BCUT2D eigenvalue weighted by atomic mass is 9.95. The van der Waals surface area contributed by atoms with Gasteiger partial charge >= 0.3 is 0 Å². The predicted octanol–water partition coefficient (Wildman–Crippen LogP) is 3.43. The Balaban J connectivity index is 2.38. The van der Waals surface area contributed by atoms with Crippen molar-refractivity contribution in [3.8, 4) is 0 Å². The lowest BCUT2D eigenvalue weighted by Gasteiger charge is -2.19. The first-order chi connectivity index (χ1) is 9.65. The first-order valence-corrected chi connectivity index (χ1v) is 7.13. The Hall–Kier alpha value is -1.55. The molecule has 20 heavy (non-hydrogen) atoms. The number of hydrogen-bond acceptors (Lipinski definition) is 3. The van der Waals surface area contributed by atoms with Crippen molar-refractivity contribution < 1.29 is 0 Å². The lowest BCUT2D eigenvalue weighted by Crippen LogP contribution is -2.29. The molecule has 0 aliphatic carbocycles. The molecule has 5 N–H and O–H groups in total. The molecule has 0 spiro atoms. The van der Waals surface area contributed by atoms with Gasteiger partial charge in [-0.05, 0) is 35.2 Å². The number of benzene rings is 2. The van der Waals surface area contributed by atoms with E-state index >= 15 is 0 Å². The van der Waals surface area contributed by atoms with Gasteiger partial charge in [-0.3, -0.25) is 5.84 Å². The molecular formula is C16H20ClN3. The monoisotopic (exact) mass is 289 g/mol. The molecule has 4 heteroatoms. The summed E-state index contributed by atoms with van der Waals surface area (Å²) in [4.78, 5) is 0. The number of rotatable bonds is 5. The van der Waals surface area contributed by atoms with E-state index in [1.165, 1.54) is 5.56 Å². The molecule has 0 aromatic heterocycles. The van der Waals surface area contributed by atoms with E-state index in [0.29, 0.717) is 10.7 Å². The third kappa shape index (κ3) is 3.31. The summed E-state index contributed by atoms with van der Waals surface area (Å²) in [5, 5.41) is 0.627. The van der Waals surface area contributed by atoms with Crippen LogP contribution in [0.4, 0.5) is 5.69 Å². The molecule has 2 aromatic rings. The van der Waals surface area contributed by atoms with Crippen LogP contribution < -0.4 is 17.0 Å². The second-order valence-electron chi connectivity index (χ2n) is 4.87. The molecule has 0 heterocycles. The molecule has 1 unspecified atom stereocenters. The highest BCUT2D eigenvalue weighted by molar-refractivity contribution is 6.30. The topological polar surface area (TPSA) is 64.1 Å². The zero-order chi connectivity index (χ0) is 14.5. The van der Waals surface area contributed by atoms with Crippen LogP contribution in [0.15, 0.2) is 42.5 Å². The highest BCUT2D eigenvalue weighted by Gasteiger charge is 2.15. The average molecular weight is 290 g/mol. The van der Waals surface area contributed by atoms with Gasteiger partial charge in [0.1, 0.15) is 0 Å². The number of nitrogens with one attached hydrogen (secondary N) is 1. The lowest BCUT2D eigenvalue weighted by molar-refractivity contribution is 0.637. The molecule has 0 aliphatic heterocycles. The van der Waals surface area contributed by atoms with Crippen molar-refractivity contribution in [1.82, 2.24) is 5.43 Å². The number of nitrogens with two attached hydrogens (primary N) is 2. The van der Waals surface area contributed by atoms with E-state index in [2.05, 4.69) is 36.6 Å². The predicted molar refractivity (Wildman–Crippen MR) is 85.5 cm³/mol. The summed E-state index contributed by atoms with van der Waals surface area (Å²) >= 11 is 5.95. The maximum absolute atomic E-state index is 6.05. The third-order valence-electron chi connectivity index (χ3n) is 3.35. The largest absolute Gasteiger partial charge is 0.398 e. The summed E-state index contributed by atoms with van der Waals surface area (Å²) in [5.41, 5.74) is 12.9. The average Bonchev–Trinajstić information content (AvgIpc) is 2.43. The molecule has 0 fully saturated rings. The second kappa shape index (κ2) is 6.75. The SMILES string of the molecule is CCCc1cccc(C(NN)c2ccc(Cl)cc2N)c1. The Bertz CT molecular complexity index is 584. The first kappa shape index (κ1) is 14.9. The molecule has 0 saturated heterocycles. The van der Waals surface area contributed by atoms with E-state index in [4.69, 9.17) is 23.2 Å². The van der Waals surface area contributed by atoms with Crippen LogP contribution in [0.1, 0.15) is 36.1 Å². The van der Waals surface area contributed by atoms with Crippen LogP contribution in [0, 0.1) is 0 Å². The van der Waals surface area contributed by atoms with Crippen molar-refractivity contribution >= 4 is 17.3 Å². The first-order valence-electron chi connectivity index (χ1n) is 6.75. The molecule has 106 valence electrons. The quantitative estimate of drug-likeness (QED) is 0.449. The van der Waals surface area contributed by atoms with Crippen LogP contribution in [0.25, 0.3) is 0 Å². The van der Waals surface area contributed by atoms with Gasteiger partial charge in [0.05, 0.1) is 6.04 Å². The van der Waals surface area contributed by atoms with E-state index in [1.807, 2.05) is 12.1 Å². The fourth-order valence-corrected chi connectivity index (χ4v) is 2.57. The van der Waals surface area contributed by atoms with Gasteiger partial charge < -0.3 is 5.73 Å². The molecule has 2 rings (SSSR count). The third-order valence-corrected chi connectivity index (χ3v) is 3.58. The molecule has 0 radical (unpaired) electrons. The van der Waals surface area contributed by atoms with Gasteiger partial charge in [-0.2, -0.15) is 0 Å². The second-order valence-corrected chi connectivity index (χ2v) is 5.30. The summed E-state index contributed by atoms with van der Waals surface area (Å²) in [5.74, 6) is 5.73. The smallest absolute Gasteiger partial charge is 0.0730 e.